The van der Waals surface area contributed by atoms with E-state index in [4.69, 9.17) is 0 Å². The molecule has 5 heteroatoms. The average molecular weight is 276 g/mol. The number of nitrogens with one attached hydrogen (secondary N) is 2. The van der Waals surface area contributed by atoms with Crippen molar-refractivity contribution in [3.63, 3.8) is 0 Å². The predicted octanol–water partition coefficient (Wildman–Crippen LogP) is 3.84. The molecule has 0 saturated carbocycles. The fourth-order valence-electron chi connectivity index (χ4n) is 1.82. The van der Waals surface area contributed by atoms with Crippen molar-refractivity contribution in [2.75, 3.05) is 17.2 Å². The monoisotopic (exact) mass is 276 g/mol. The number of thiophene rings is 1. The summed E-state index contributed by atoms with van der Waals surface area (Å²) in [4.78, 5) is 10.1. The van der Waals surface area contributed by atoms with Crippen molar-refractivity contribution in [1.29, 1.82) is 0 Å². The minimum absolute atomic E-state index is 0.258. The summed E-state index contributed by atoms with van der Waals surface area (Å²) in [7, 11) is 0. The number of hydrogen-bond donors (Lipinski definition) is 2. The quantitative estimate of drug-likeness (QED) is 0.841. The lowest BCUT2D eigenvalue weighted by Crippen LogP contribution is -2.09. The van der Waals surface area contributed by atoms with Crippen LogP contribution in [0.25, 0.3) is 0 Å². The van der Waals surface area contributed by atoms with Crippen LogP contribution in [-0.4, -0.2) is 16.5 Å². The first-order chi connectivity index (χ1) is 9.19. The molecule has 2 heterocycles. The molecule has 0 aliphatic rings. The maximum Gasteiger partial charge on any atom is 0.132 e. The molecule has 1 atom stereocenters. The summed E-state index contributed by atoms with van der Waals surface area (Å²) in [6.07, 6.45) is 1.08. The highest BCUT2D eigenvalue weighted by atomic mass is 32.1. The van der Waals surface area contributed by atoms with E-state index in [0.717, 1.165) is 30.4 Å². The van der Waals surface area contributed by atoms with Gasteiger partial charge in [-0.25, -0.2) is 9.97 Å². The highest BCUT2D eigenvalue weighted by Crippen LogP contribution is 2.23. The van der Waals surface area contributed by atoms with Crippen LogP contribution in [-0.2, 0) is 0 Å². The van der Waals surface area contributed by atoms with Gasteiger partial charge >= 0.3 is 0 Å². The third kappa shape index (κ3) is 3.92. The lowest BCUT2D eigenvalue weighted by molar-refractivity contribution is 0.884. The van der Waals surface area contributed by atoms with E-state index in [1.165, 1.54) is 4.88 Å². The van der Waals surface area contributed by atoms with Crippen LogP contribution >= 0.6 is 11.3 Å². The van der Waals surface area contributed by atoms with E-state index >= 15 is 0 Å². The van der Waals surface area contributed by atoms with Crippen LogP contribution in [0.1, 0.15) is 37.0 Å². The van der Waals surface area contributed by atoms with Crippen LogP contribution < -0.4 is 10.6 Å². The van der Waals surface area contributed by atoms with Gasteiger partial charge < -0.3 is 10.6 Å². The van der Waals surface area contributed by atoms with Gasteiger partial charge in [0.1, 0.15) is 17.5 Å². The molecule has 0 fully saturated rings. The van der Waals surface area contributed by atoms with Gasteiger partial charge in [-0.05, 0) is 31.7 Å². The Morgan fingerprint density at radius 1 is 1.32 bits per heavy atom. The van der Waals surface area contributed by atoms with Gasteiger partial charge in [0, 0.05) is 17.5 Å². The van der Waals surface area contributed by atoms with Crippen LogP contribution in [0, 0.1) is 6.92 Å². The van der Waals surface area contributed by atoms with Crippen molar-refractivity contribution in [1.82, 2.24) is 9.97 Å². The molecule has 0 aliphatic heterocycles. The normalized spacial score (nSPS) is 12.2. The fourth-order valence-corrected chi connectivity index (χ4v) is 2.55. The van der Waals surface area contributed by atoms with Crippen LogP contribution in [0.15, 0.2) is 23.6 Å². The molecule has 2 aromatic rings. The van der Waals surface area contributed by atoms with Crippen molar-refractivity contribution in [2.24, 2.45) is 0 Å². The van der Waals surface area contributed by atoms with Crippen molar-refractivity contribution >= 4 is 23.0 Å². The van der Waals surface area contributed by atoms with Gasteiger partial charge in [0.25, 0.3) is 0 Å². The average Bonchev–Trinajstić information content (AvgIpc) is 2.89. The predicted molar refractivity (Wildman–Crippen MR) is 81.9 cm³/mol. The minimum atomic E-state index is 0.258. The Bertz CT molecular complexity index is 510. The smallest absolute Gasteiger partial charge is 0.132 e. The topological polar surface area (TPSA) is 49.8 Å². The molecule has 0 radical (unpaired) electrons. The van der Waals surface area contributed by atoms with Crippen LogP contribution in [0.4, 0.5) is 11.6 Å². The van der Waals surface area contributed by atoms with E-state index in [2.05, 4.69) is 52.0 Å². The molecule has 0 bridgehead atoms. The second kappa shape index (κ2) is 6.52. The SMILES string of the molecule is CCCNc1cc(NC(C)c2cccs2)nc(C)n1. The van der Waals surface area contributed by atoms with Crippen molar-refractivity contribution in [3.8, 4) is 0 Å². The van der Waals surface area contributed by atoms with E-state index in [1.807, 2.05) is 13.0 Å². The molecule has 2 N–H and O–H groups in total. The summed E-state index contributed by atoms with van der Waals surface area (Å²) in [6.45, 7) is 7.12. The first-order valence-corrected chi connectivity index (χ1v) is 7.46. The summed E-state index contributed by atoms with van der Waals surface area (Å²) in [5, 5.41) is 8.81. The summed E-state index contributed by atoms with van der Waals surface area (Å²) >= 11 is 1.75. The van der Waals surface area contributed by atoms with Gasteiger partial charge in [-0.3, -0.25) is 0 Å². The molecule has 0 aromatic carbocycles. The van der Waals surface area contributed by atoms with Crippen molar-refractivity contribution < 1.29 is 0 Å². The Hall–Kier alpha value is -1.62. The Kier molecular flexibility index (Phi) is 4.74. The first-order valence-electron chi connectivity index (χ1n) is 6.58. The summed E-state index contributed by atoms with van der Waals surface area (Å²) in [5.41, 5.74) is 0. The van der Waals surface area contributed by atoms with Gasteiger partial charge in [-0.1, -0.05) is 13.0 Å². The summed E-state index contributed by atoms with van der Waals surface area (Å²) in [6, 6.07) is 6.42. The molecule has 2 rings (SSSR count). The molecule has 2 aromatic heterocycles. The van der Waals surface area contributed by atoms with Crippen LogP contribution in [0.3, 0.4) is 0 Å². The molecule has 1 unspecified atom stereocenters. The van der Waals surface area contributed by atoms with Gasteiger partial charge in [0.05, 0.1) is 6.04 Å². The summed E-state index contributed by atoms with van der Waals surface area (Å²) < 4.78 is 0. The molecule has 102 valence electrons. The van der Waals surface area contributed by atoms with Crippen molar-refractivity contribution in [3.05, 3.63) is 34.3 Å². The van der Waals surface area contributed by atoms with Crippen LogP contribution in [0.2, 0.25) is 0 Å². The maximum atomic E-state index is 4.43. The second-order valence-electron chi connectivity index (χ2n) is 4.49. The van der Waals surface area contributed by atoms with Gasteiger partial charge in [-0.2, -0.15) is 0 Å². The molecule has 4 nitrogen and oxygen atoms in total. The van der Waals surface area contributed by atoms with E-state index in [-0.39, 0.29) is 6.04 Å². The van der Waals surface area contributed by atoms with E-state index in [9.17, 15) is 0 Å². The maximum absolute atomic E-state index is 4.43. The Balaban J connectivity index is 2.09. The Labute approximate surface area is 118 Å². The van der Waals surface area contributed by atoms with E-state index in [1.54, 1.807) is 11.3 Å². The number of nitrogens with zero attached hydrogens (tertiary/aromatic N) is 2. The van der Waals surface area contributed by atoms with Crippen molar-refractivity contribution in [2.45, 2.75) is 33.2 Å². The molecule has 19 heavy (non-hydrogen) atoms. The number of hydrogen-bond acceptors (Lipinski definition) is 5. The standard InChI is InChI=1S/C14H20N4S/c1-4-7-15-13-9-14(18-11(3)17-13)16-10(2)12-6-5-8-19-12/h5-6,8-10H,4,7H2,1-3H3,(H2,15,16,17,18). The lowest BCUT2D eigenvalue weighted by atomic mass is 10.3. The second-order valence-corrected chi connectivity index (χ2v) is 5.47. The minimum Gasteiger partial charge on any atom is -0.370 e. The highest BCUT2D eigenvalue weighted by molar-refractivity contribution is 7.10. The highest BCUT2D eigenvalue weighted by Gasteiger charge is 2.08. The molecule has 0 spiro atoms. The number of aryl methyl sites for hydroxylation is 1. The zero-order valence-electron chi connectivity index (χ0n) is 11.6. The number of anilines is 2. The molecular weight excluding hydrogens is 256 g/mol. The molecule has 0 saturated heterocycles. The first kappa shape index (κ1) is 13.8. The van der Waals surface area contributed by atoms with Gasteiger partial charge in [0.2, 0.25) is 0 Å². The Morgan fingerprint density at radius 3 is 2.79 bits per heavy atom. The van der Waals surface area contributed by atoms with E-state index < -0.39 is 0 Å². The van der Waals surface area contributed by atoms with E-state index in [0.29, 0.717) is 0 Å². The molecular formula is C14H20N4S. The van der Waals surface area contributed by atoms with Gasteiger partial charge in [-0.15, -0.1) is 11.3 Å². The third-order valence-corrected chi connectivity index (χ3v) is 3.78. The molecule has 0 amide bonds. The summed E-state index contributed by atoms with van der Waals surface area (Å²) in [5.74, 6) is 2.53. The zero-order chi connectivity index (χ0) is 13.7. The van der Waals surface area contributed by atoms with Gasteiger partial charge in [0.15, 0.2) is 0 Å². The number of aromatic nitrogens is 2. The molecule has 0 aliphatic carbocycles. The third-order valence-electron chi connectivity index (χ3n) is 2.73. The van der Waals surface area contributed by atoms with Crippen LogP contribution in [0.5, 0.6) is 0 Å². The largest absolute Gasteiger partial charge is 0.370 e. The lowest BCUT2D eigenvalue weighted by Gasteiger charge is -2.14. The Morgan fingerprint density at radius 2 is 2.11 bits per heavy atom. The zero-order valence-corrected chi connectivity index (χ0v) is 12.4. The number of rotatable bonds is 6. The fraction of sp³-hybridized carbons (Fsp3) is 0.429.